The Bertz CT molecular complexity index is 920. The summed E-state index contributed by atoms with van der Waals surface area (Å²) in [6, 6.07) is 12.2. The summed E-state index contributed by atoms with van der Waals surface area (Å²) in [5.74, 6) is -2.83. The van der Waals surface area contributed by atoms with Crippen LogP contribution in [0.3, 0.4) is 0 Å². The Morgan fingerprint density at radius 2 is 1.48 bits per heavy atom. The SMILES string of the molecule is CCOC(=O)c1ccc(NC(=O)C(=O)N/N=C\c2ccc(C(=O)OC)cc2)cc1. The van der Waals surface area contributed by atoms with Crippen LogP contribution in [-0.2, 0) is 19.1 Å². The molecule has 150 valence electrons. The Hall–Kier alpha value is -4.01. The molecule has 0 aliphatic carbocycles. The van der Waals surface area contributed by atoms with E-state index in [2.05, 4.69) is 20.6 Å². The molecule has 0 radical (unpaired) electrons. The summed E-state index contributed by atoms with van der Waals surface area (Å²) in [5.41, 5.74) is 3.74. The molecule has 2 N–H and O–H groups in total. The maximum atomic E-state index is 11.9. The quantitative estimate of drug-likeness (QED) is 0.331. The van der Waals surface area contributed by atoms with Crippen LogP contribution in [0.25, 0.3) is 0 Å². The van der Waals surface area contributed by atoms with Gasteiger partial charge in [0.2, 0.25) is 0 Å². The smallest absolute Gasteiger partial charge is 0.338 e. The fourth-order valence-corrected chi connectivity index (χ4v) is 2.13. The van der Waals surface area contributed by atoms with Gasteiger partial charge in [-0.15, -0.1) is 0 Å². The van der Waals surface area contributed by atoms with E-state index in [0.717, 1.165) is 0 Å². The number of nitrogens with one attached hydrogen (secondary N) is 2. The van der Waals surface area contributed by atoms with Gasteiger partial charge in [0.25, 0.3) is 0 Å². The fourth-order valence-electron chi connectivity index (χ4n) is 2.13. The normalized spacial score (nSPS) is 10.3. The molecule has 2 amide bonds. The van der Waals surface area contributed by atoms with Crippen LogP contribution in [0.1, 0.15) is 33.2 Å². The third kappa shape index (κ3) is 6.28. The number of hydrogen-bond acceptors (Lipinski definition) is 7. The summed E-state index contributed by atoms with van der Waals surface area (Å²) in [6.45, 7) is 1.96. The highest BCUT2D eigenvalue weighted by Gasteiger charge is 2.13. The second kappa shape index (κ2) is 10.4. The molecule has 2 rings (SSSR count). The molecule has 0 heterocycles. The summed E-state index contributed by atoms with van der Waals surface area (Å²) in [7, 11) is 1.28. The monoisotopic (exact) mass is 397 g/mol. The molecule has 0 fully saturated rings. The zero-order valence-corrected chi connectivity index (χ0v) is 15.8. The predicted octanol–water partition coefficient (Wildman–Crippen LogP) is 1.74. The molecule has 0 aliphatic rings. The van der Waals surface area contributed by atoms with Gasteiger partial charge in [-0.25, -0.2) is 15.0 Å². The van der Waals surface area contributed by atoms with Crippen molar-refractivity contribution in [2.75, 3.05) is 19.0 Å². The van der Waals surface area contributed by atoms with E-state index in [0.29, 0.717) is 22.4 Å². The van der Waals surface area contributed by atoms with Crippen molar-refractivity contribution in [2.24, 2.45) is 5.10 Å². The number of nitrogens with zero attached hydrogens (tertiary/aromatic N) is 1. The maximum Gasteiger partial charge on any atom is 0.338 e. The minimum Gasteiger partial charge on any atom is -0.465 e. The number of rotatable bonds is 6. The molecule has 0 unspecified atom stereocenters. The van der Waals surface area contributed by atoms with Crippen LogP contribution < -0.4 is 10.7 Å². The first-order valence-electron chi connectivity index (χ1n) is 8.54. The number of esters is 2. The molecule has 0 aromatic heterocycles. The molecule has 9 heteroatoms. The lowest BCUT2D eigenvalue weighted by Crippen LogP contribution is -2.32. The van der Waals surface area contributed by atoms with Crippen molar-refractivity contribution in [3.05, 3.63) is 65.2 Å². The Balaban J connectivity index is 1.87. The van der Waals surface area contributed by atoms with Crippen LogP contribution in [0.4, 0.5) is 5.69 Å². The predicted molar refractivity (Wildman–Crippen MR) is 105 cm³/mol. The molecule has 0 saturated carbocycles. The minimum atomic E-state index is -0.970. The molecule has 0 bridgehead atoms. The molecular weight excluding hydrogens is 378 g/mol. The topological polar surface area (TPSA) is 123 Å². The van der Waals surface area contributed by atoms with Gasteiger partial charge in [0.1, 0.15) is 0 Å². The third-order valence-electron chi connectivity index (χ3n) is 3.57. The van der Waals surface area contributed by atoms with Gasteiger partial charge in [-0.2, -0.15) is 5.10 Å². The van der Waals surface area contributed by atoms with E-state index in [-0.39, 0.29) is 6.61 Å². The van der Waals surface area contributed by atoms with E-state index in [9.17, 15) is 19.2 Å². The number of carbonyl (C=O) groups excluding carboxylic acids is 4. The molecule has 29 heavy (non-hydrogen) atoms. The standard InChI is InChI=1S/C20H19N3O6/c1-3-29-20(27)15-8-10-16(11-9-15)22-17(24)18(25)23-21-12-13-4-6-14(7-5-13)19(26)28-2/h4-12H,3H2,1-2H3,(H,22,24)(H,23,25)/b21-12-. The van der Waals surface area contributed by atoms with E-state index in [1.54, 1.807) is 31.2 Å². The van der Waals surface area contributed by atoms with Gasteiger partial charge in [0.15, 0.2) is 0 Å². The van der Waals surface area contributed by atoms with Crippen LogP contribution >= 0.6 is 0 Å². The Morgan fingerprint density at radius 1 is 0.897 bits per heavy atom. The van der Waals surface area contributed by atoms with Crippen molar-refractivity contribution in [1.29, 1.82) is 0 Å². The van der Waals surface area contributed by atoms with E-state index >= 15 is 0 Å². The summed E-state index contributed by atoms with van der Waals surface area (Å²) in [5, 5.41) is 6.08. The molecule has 9 nitrogen and oxygen atoms in total. The summed E-state index contributed by atoms with van der Waals surface area (Å²) in [6.07, 6.45) is 1.32. The average Bonchev–Trinajstić information content (AvgIpc) is 2.74. The van der Waals surface area contributed by atoms with E-state index in [4.69, 9.17) is 4.74 Å². The van der Waals surface area contributed by atoms with Crippen LogP contribution in [0, 0.1) is 0 Å². The average molecular weight is 397 g/mol. The number of hydrazone groups is 1. The number of methoxy groups -OCH3 is 1. The highest BCUT2D eigenvalue weighted by atomic mass is 16.5. The van der Waals surface area contributed by atoms with E-state index in [1.807, 2.05) is 0 Å². The van der Waals surface area contributed by atoms with E-state index < -0.39 is 23.8 Å². The highest BCUT2D eigenvalue weighted by Crippen LogP contribution is 2.10. The maximum absolute atomic E-state index is 11.9. The van der Waals surface area contributed by atoms with Crippen LogP contribution in [0.2, 0.25) is 0 Å². The number of carbonyl (C=O) groups is 4. The largest absolute Gasteiger partial charge is 0.465 e. The first kappa shape index (κ1) is 21.3. The van der Waals surface area contributed by atoms with Gasteiger partial charge in [-0.05, 0) is 48.9 Å². The molecular formula is C20H19N3O6. The van der Waals surface area contributed by atoms with Crippen molar-refractivity contribution in [3.63, 3.8) is 0 Å². The third-order valence-corrected chi connectivity index (χ3v) is 3.57. The molecule has 0 spiro atoms. The van der Waals surface area contributed by atoms with Crippen LogP contribution in [-0.4, -0.2) is 43.7 Å². The molecule has 0 saturated heterocycles. The number of benzene rings is 2. The van der Waals surface area contributed by atoms with Crippen molar-refractivity contribution < 1.29 is 28.7 Å². The highest BCUT2D eigenvalue weighted by molar-refractivity contribution is 6.39. The summed E-state index contributed by atoms with van der Waals surface area (Å²) < 4.78 is 9.46. The molecule has 2 aromatic rings. The zero-order valence-electron chi connectivity index (χ0n) is 15.8. The number of amides is 2. The van der Waals surface area contributed by atoms with Gasteiger partial charge >= 0.3 is 23.8 Å². The Labute approximate surface area is 166 Å². The van der Waals surface area contributed by atoms with E-state index in [1.165, 1.54) is 37.6 Å². The summed E-state index contributed by atoms with van der Waals surface area (Å²) >= 11 is 0. The summed E-state index contributed by atoms with van der Waals surface area (Å²) in [4.78, 5) is 46.6. The van der Waals surface area contributed by atoms with Crippen molar-refractivity contribution >= 4 is 35.7 Å². The Kier molecular flexibility index (Phi) is 7.60. The fraction of sp³-hybridized carbons (Fsp3) is 0.150. The first-order valence-corrected chi connectivity index (χ1v) is 8.54. The number of anilines is 1. The number of hydrogen-bond donors (Lipinski definition) is 2. The molecule has 0 atom stereocenters. The number of ether oxygens (including phenoxy) is 2. The first-order chi connectivity index (χ1) is 13.9. The zero-order chi connectivity index (χ0) is 21.2. The van der Waals surface area contributed by atoms with Crippen molar-refractivity contribution in [1.82, 2.24) is 5.43 Å². The van der Waals surface area contributed by atoms with Gasteiger partial charge < -0.3 is 14.8 Å². The second-order valence-electron chi connectivity index (χ2n) is 5.56. The van der Waals surface area contributed by atoms with Gasteiger partial charge in [0.05, 0.1) is 31.1 Å². The Morgan fingerprint density at radius 3 is 2.07 bits per heavy atom. The van der Waals surface area contributed by atoms with Crippen molar-refractivity contribution in [3.8, 4) is 0 Å². The second-order valence-corrected chi connectivity index (χ2v) is 5.56. The van der Waals surface area contributed by atoms with Gasteiger partial charge in [-0.3, -0.25) is 9.59 Å². The van der Waals surface area contributed by atoms with Gasteiger partial charge in [-0.1, -0.05) is 12.1 Å². The van der Waals surface area contributed by atoms with Crippen molar-refractivity contribution in [2.45, 2.75) is 6.92 Å². The van der Waals surface area contributed by atoms with Crippen LogP contribution in [0.5, 0.6) is 0 Å². The molecule has 0 aliphatic heterocycles. The lowest BCUT2D eigenvalue weighted by Gasteiger charge is -2.05. The van der Waals surface area contributed by atoms with Crippen LogP contribution in [0.15, 0.2) is 53.6 Å². The lowest BCUT2D eigenvalue weighted by atomic mass is 10.1. The molecule has 2 aromatic carbocycles. The lowest BCUT2D eigenvalue weighted by molar-refractivity contribution is -0.136. The minimum absolute atomic E-state index is 0.257. The van der Waals surface area contributed by atoms with Gasteiger partial charge in [0, 0.05) is 5.69 Å².